The summed E-state index contributed by atoms with van der Waals surface area (Å²) in [5.41, 5.74) is 3.53. The van der Waals surface area contributed by atoms with Crippen molar-refractivity contribution in [1.29, 1.82) is 0 Å². The number of carbonyl (C=O) groups excluding carboxylic acids is 2. The molecule has 2 aromatic carbocycles. The largest absolute Gasteiger partial charge is 0.368 e. The van der Waals surface area contributed by atoms with E-state index in [-0.39, 0.29) is 17.9 Å². The van der Waals surface area contributed by atoms with Crippen molar-refractivity contribution in [2.45, 2.75) is 25.3 Å². The van der Waals surface area contributed by atoms with Crippen LogP contribution in [0.1, 0.15) is 30.0 Å². The van der Waals surface area contributed by atoms with Crippen molar-refractivity contribution < 1.29 is 9.59 Å². The fourth-order valence-electron chi connectivity index (χ4n) is 5.32. The zero-order chi connectivity index (χ0) is 21.9. The van der Waals surface area contributed by atoms with Crippen molar-refractivity contribution in [2.75, 3.05) is 57.3 Å². The van der Waals surface area contributed by atoms with Crippen molar-refractivity contribution in [3.8, 4) is 0 Å². The number of hydrogen-bond acceptors (Lipinski definition) is 4. The third kappa shape index (κ3) is 4.24. The highest BCUT2D eigenvalue weighted by atomic mass is 16.2. The van der Waals surface area contributed by atoms with Gasteiger partial charge in [0.1, 0.15) is 6.04 Å². The topological polar surface area (TPSA) is 47.1 Å². The fraction of sp³-hybridized carbons (Fsp3) is 0.462. The molecule has 0 N–H and O–H groups in total. The summed E-state index contributed by atoms with van der Waals surface area (Å²) in [7, 11) is 0. The Morgan fingerprint density at radius 3 is 2.19 bits per heavy atom. The summed E-state index contributed by atoms with van der Waals surface area (Å²) in [4.78, 5) is 35.1. The predicted octanol–water partition coefficient (Wildman–Crippen LogP) is 2.56. The highest BCUT2D eigenvalue weighted by Gasteiger charge is 2.37. The lowest BCUT2D eigenvalue weighted by Gasteiger charge is -2.40. The molecule has 0 saturated carbocycles. The molecule has 0 spiro atoms. The van der Waals surface area contributed by atoms with Crippen molar-refractivity contribution in [1.82, 2.24) is 14.7 Å². The molecule has 3 heterocycles. The predicted molar refractivity (Wildman–Crippen MR) is 126 cm³/mol. The molecular weight excluding hydrogens is 400 g/mol. The van der Waals surface area contributed by atoms with Gasteiger partial charge in [0.05, 0.1) is 6.54 Å². The smallest absolute Gasteiger partial charge is 0.244 e. The van der Waals surface area contributed by atoms with Gasteiger partial charge in [-0.2, -0.15) is 0 Å². The number of nitrogens with zero attached hydrogens (tertiary/aromatic N) is 4. The number of fused-ring (bicyclic) bond motifs is 1. The maximum atomic E-state index is 13.5. The minimum Gasteiger partial charge on any atom is -0.368 e. The Morgan fingerprint density at radius 1 is 0.750 bits per heavy atom. The molecule has 6 nitrogen and oxygen atoms in total. The van der Waals surface area contributed by atoms with Crippen LogP contribution in [0.15, 0.2) is 54.6 Å². The molecule has 0 aliphatic carbocycles. The number of likely N-dealkylation sites (tertiary alicyclic amines) is 1. The first kappa shape index (κ1) is 21.0. The Balaban J connectivity index is 1.27. The molecule has 6 heteroatoms. The van der Waals surface area contributed by atoms with Crippen LogP contribution >= 0.6 is 0 Å². The van der Waals surface area contributed by atoms with Crippen LogP contribution in [0.3, 0.4) is 0 Å². The molecule has 2 aromatic rings. The summed E-state index contributed by atoms with van der Waals surface area (Å²) in [6.07, 6.45) is 3.03. The number of para-hydroxylation sites is 1. The van der Waals surface area contributed by atoms with E-state index in [2.05, 4.69) is 46.2 Å². The summed E-state index contributed by atoms with van der Waals surface area (Å²) >= 11 is 0. The van der Waals surface area contributed by atoms with Gasteiger partial charge < -0.3 is 14.7 Å². The molecule has 3 aliphatic heterocycles. The summed E-state index contributed by atoms with van der Waals surface area (Å²) in [6.45, 7) is 5.86. The number of benzene rings is 2. The van der Waals surface area contributed by atoms with Gasteiger partial charge in [0.2, 0.25) is 11.8 Å². The maximum absolute atomic E-state index is 13.5. The molecule has 0 aromatic heterocycles. The van der Waals surface area contributed by atoms with Gasteiger partial charge in [-0.05, 0) is 42.5 Å². The molecule has 32 heavy (non-hydrogen) atoms. The van der Waals surface area contributed by atoms with Crippen LogP contribution in [-0.4, -0.2) is 78.9 Å². The van der Waals surface area contributed by atoms with Crippen LogP contribution in [0.5, 0.6) is 0 Å². The van der Waals surface area contributed by atoms with Gasteiger partial charge >= 0.3 is 0 Å². The third-order valence-corrected chi connectivity index (χ3v) is 7.13. The third-order valence-electron chi connectivity index (χ3n) is 7.13. The first-order chi connectivity index (χ1) is 15.7. The molecule has 168 valence electrons. The molecule has 2 amide bonds. The van der Waals surface area contributed by atoms with Crippen LogP contribution in [0.25, 0.3) is 0 Å². The first-order valence-corrected chi connectivity index (χ1v) is 11.9. The number of rotatable bonds is 4. The van der Waals surface area contributed by atoms with Crippen LogP contribution in [0.2, 0.25) is 0 Å². The lowest BCUT2D eigenvalue weighted by atomic mass is 9.91. The van der Waals surface area contributed by atoms with Gasteiger partial charge in [0.15, 0.2) is 0 Å². The minimum atomic E-state index is -0.340. The van der Waals surface area contributed by atoms with Crippen LogP contribution < -0.4 is 4.90 Å². The zero-order valence-corrected chi connectivity index (χ0v) is 18.7. The van der Waals surface area contributed by atoms with Crippen molar-refractivity contribution in [3.63, 3.8) is 0 Å². The summed E-state index contributed by atoms with van der Waals surface area (Å²) < 4.78 is 0. The van der Waals surface area contributed by atoms with Gasteiger partial charge in [-0.1, -0.05) is 42.5 Å². The van der Waals surface area contributed by atoms with Gasteiger partial charge in [-0.3, -0.25) is 14.5 Å². The van der Waals surface area contributed by atoms with Crippen molar-refractivity contribution in [2.24, 2.45) is 0 Å². The number of anilines is 1. The summed E-state index contributed by atoms with van der Waals surface area (Å²) in [6, 6.07) is 18.3. The molecule has 3 aliphatic rings. The van der Waals surface area contributed by atoms with Crippen LogP contribution in [0, 0.1) is 0 Å². The van der Waals surface area contributed by atoms with Crippen LogP contribution in [0.4, 0.5) is 5.69 Å². The van der Waals surface area contributed by atoms with E-state index in [1.54, 1.807) is 0 Å². The van der Waals surface area contributed by atoms with Gasteiger partial charge in [0, 0.05) is 51.5 Å². The van der Waals surface area contributed by atoms with E-state index < -0.39 is 0 Å². The second-order valence-electron chi connectivity index (χ2n) is 9.06. The number of piperazine rings is 1. The molecular formula is C26H32N4O2. The summed E-state index contributed by atoms with van der Waals surface area (Å²) in [5.74, 6) is 0.299. The average Bonchev–Trinajstić information content (AvgIpc) is 3.39. The molecule has 2 fully saturated rings. The second kappa shape index (κ2) is 9.33. The highest BCUT2D eigenvalue weighted by Crippen LogP contribution is 2.32. The Bertz CT molecular complexity index is 949. The number of carbonyl (C=O) groups is 2. The lowest BCUT2D eigenvalue weighted by molar-refractivity contribution is -0.140. The Labute approximate surface area is 190 Å². The first-order valence-electron chi connectivity index (χ1n) is 11.9. The van der Waals surface area contributed by atoms with E-state index in [9.17, 15) is 9.59 Å². The van der Waals surface area contributed by atoms with Crippen LogP contribution in [-0.2, 0) is 16.0 Å². The molecule has 1 atom stereocenters. The van der Waals surface area contributed by atoms with E-state index in [1.807, 2.05) is 28.0 Å². The molecule has 0 bridgehead atoms. The standard InChI is InChI=1S/C26H32N4O2/c31-24(28-18-16-27(17-19-28)22-9-2-1-3-10-22)20-30-15-12-21-8-4-5-11-23(21)25(30)26(32)29-13-6-7-14-29/h1-5,8-11,25H,6-7,12-20H2. The van der Waals surface area contributed by atoms with Crippen molar-refractivity contribution >= 4 is 17.5 Å². The molecule has 5 rings (SSSR count). The quantitative estimate of drug-likeness (QED) is 0.745. The van der Waals surface area contributed by atoms with E-state index in [0.717, 1.165) is 70.6 Å². The minimum absolute atomic E-state index is 0.135. The number of hydrogen-bond donors (Lipinski definition) is 0. The summed E-state index contributed by atoms with van der Waals surface area (Å²) in [5, 5.41) is 0. The SMILES string of the molecule is O=C(CN1CCc2ccccc2C1C(=O)N1CCCC1)N1CCN(c2ccccc2)CC1. The molecule has 0 radical (unpaired) electrons. The Hall–Kier alpha value is -2.86. The van der Waals surface area contributed by atoms with E-state index in [4.69, 9.17) is 0 Å². The maximum Gasteiger partial charge on any atom is 0.244 e. The molecule has 1 unspecified atom stereocenters. The van der Waals surface area contributed by atoms with Gasteiger partial charge in [-0.15, -0.1) is 0 Å². The lowest BCUT2D eigenvalue weighted by Crippen LogP contribution is -2.53. The Kier molecular flexibility index (Phi) is 6.12. The number of amides is 2. The normalized spacial score (nSPS) is 21.5. The van der Waals surface area contributed by atoms with Gasteiger partial charge in [0.25, 0.3) is 0 Å². The van der Waals surface area contributed by atoms with E-state index in [0.29, 0.717) is 6.54 Å². The second-order valence-corrected chi connectivity index (χ2v) is 9.06. The van der Waals surface area contributed by atoms with E-state index in [1.165, 1.54) is 11.3 Å². The molecule has 2 saturated heterocycles. The van der Waals surface area contributed by atoms with Crippen molar-refractivity contribution in [3.05, 3.63) is 65.7 Å². The monoisotopic (exact) mass is 432 g/mol. The van der Waals surface area contributed by atoms with Gasteiger partial charge in [-0.25, -0.2) is 0 Å². The Morgan fingerprint density at radius 2 is 1.44 bits per heavy atom. The average molecular weight is 433 g/mol. The zero-order valence-electron chi connectivity index (χ0n) is 18.7. The fourth-order valence-corrected chi connectivity index (χ4v) is 5.32. The van der Waals surface area contributed by atoms with E-state index >= 15 is 0 Å². The highest BCUT2D eigenvalue weighted by molar-refractivity contribution is 5.86.